The number of piperazine rings is 1. The molecule has 0 aliphatic carbocycles. The lowest BCUT2D eigenvalue weighted by molar-refractivity contribution is -0.156. The van der Waals surface area contributed by atoms with Crippen LogP contribution in [0.3, 0.4) is 0 Å². The van der Waals surface area contributed by atoms with E-state index in [1.54, 1.807) is 30.5 Å². The Morgan fingerprint density at radius 3 is 2.68 bits per heavy atom. The van der Waals surface area contributed by atoms with Gasteiger partial charge in [0.1, 0.15) is 28.9 Å². The number of aromatic nitrogens is 3. The van der Waals surface area contributed by atoms with Crippen molar-refractivity contribution < 1.29 is 13.9 Å². The first-order chi connectivity index (χ1) is 19.6. The molecule has 2 N–H and O–H groups in total. The van der Waals surface area contributed by atoms with Crippen molar-refractivity contribution in [3.8, 4) is 11.4 Å². The maximum atomic E-state index is 13.8. The number of hydrogen-bond donors (Lipinski definition) is 2. The molecule has 2 fully saturated rings. The highest BCUT2D eigenvalue weighted by Crippen LogP contribution is 2.32. The van der Waals surface area contributed by atoms with Gasteiger partial charge in [0, 0.05) is 32.7 Å². The molecule has 0 amide bonds. The number of H-pyrrole nitrogens is 1. The van der Waals surface area contributed by atoms with Crippen LogP contribution < -0.4 is 4.90 Å². The minimum atomic E-state index is -0.478. The Hall–Kier alpha value is -4.05. The normalized spacial score (nSPS) is 18.3. The van der Waals surface area contributed by atoms with E-state index in [9.17, 15) is 9.18 Å². The van der Waals surface area contributed by atoms with Crippen LogP contribution in [-0.2, 0) is 9.53 Å². The fraction of sp³-hybridized carbons (Fsp3) is 0.419. The molecule has 0 spiro atoms. The summed E-state index contributed by atoms with van der Waals surface area (Å²) in [5, 5.41) is 8.63. The van der Waals surface area contributed by atoms with Crippen LogP contribution in [0.5, 0.6) is 0 Å². The first-order valence-electron chi connectivity index (χ1n) is 14.1. The molecule has 1 atom stereocenters. The summed E-state index contributed by atoms with van der Waals surface area (Å²) in [4.78, 5) is 31.2. The van der Waals surface area contributed by atoms with Gasteiger partial charge in [-0.15, -0.1) is 0 Å². The lowest BCUT2D eigenvalue weighted by Gasteiger charge is -2.35. The topological polar surface area (TPSA) is 101 Å². The number of amidine groups is 1. The maximum absolute atomic E-state index is 13.8. The second kappa shape index (κ2) is 12.2. The molecule has 0 radical (unpaired) electrons. The quantitative estimate of drug-likeness (QED) is 0.241. The third kappa shape index (κ3) is 7.38. The van der Waals surface area contributed by atoms with Crippen LogP contribution in [-0.4, -0.2) is 81.4 Å². The Kier molecular flexibility index (Phi) is 8.49. The van der Waals surface area contributed by atoms with Gasteiger partial charge in [-0.05, 0) is 75.6 Å². The van der Waals surface area contributed by atoms with Gasteiger partial charge >= 0.3 is 5.97 Å². The summed E-state index contributed by atoms with van der Waals surface area (Å²) in [7, 11) is 0. The van der Waals surface area contributed by atoms with E-state index in [1.807, 2.05) is 49.9 Å². The summed E-state index contributed by atoms with van der Waals surface area (Å²) in [6.07, 6.45) is 7.13. The lowest BCUT2D eigenvalue weighted by Crippen LogP contribution is -2.49. The Bertz CT molecular complexity index is 1410. The average Bonchev–Trinajstić information content (AvgIpc) is 3.62. The van der Waals surface area contributed by atoms with Gasteiger partial charge in [0.2, 0.25) is 0 Å². The molecule has 216 valence electrons. The molecule has 5 rings (SSSR count). The summed E-state index contributed by atoms with van der Waals surface area (Å²) in [5.74, 6) is 1.44. The Morgan fingerprint density at radius 1 is 1.15 bits per heavy atom. The number of carbonyl (C=O) groups is 1. The molecule has 9 nitrogen and oxygen atoms in total. The van der Waals surface area contributed by atoms with Crippen LogP contribution in [0.25, 0.3) is 17.5 Å². The third-order valence-corrected chi connectivity index (χ3v) is 7.27. The number of benzene rings is 1. The lowest BCUT2D eigenvalue weighted by atomic mass is 10.0. The van der Waals surface area contributed by atoms with Crippen LogP contribution in [0, 0.1) is 11.2 Å². The number of halogens is 1. The molecule has 10 heteroatoms. The highest BCUT2D eigenvalue weighted by Gasteiger charge is 2.27. The Labute approximate surface area is 240 Å². The van der Waals surface area contributed by atoms with E-state index in [0.717, 1.165) is 68.3 Å². The number of rotatable bonds is 7. The second-order valence-corrected chi connectivity index (χ2v) is 11.5. The summed E-state index contributed by atoms with van der Waals surface area (Å²) < 4.78 is 19.2. The fourth-order valence-corrected chi connectivity index (χ4v) is 5.36. The molecule has 0 unspecified atom stereocenters. The highest BCUT2D eigenvalue weighted by atomic mass is 19.1. The zero-order valence-electron chi connectivity index (χ0n) is 23.9. The number of anilines is 1. The summed E-state index contributed by atoms with van der Waals surface area (Å²) in [6, 6.07) is 12.6. The number of imidazole rings is 1. The van der Waals surface area contributed by atoms with Gasteiger partial charge in [0.25, 0.3) is 0 Å². The van der Waals surface area contributed by atoms with E-state index < -0.39 is 5.60 Å². The predicted molar refractivity (Wildman–Crippen MR) is 158 cm³/mol. The Balaban J connectivity index is 1.18. The number of likely N-dealkylation sites (tertiary alicyclic amines) is 1. The van der Waals surface area contributed by atoms with Gasteiger partial charge in [0.05, 0.1) is 30.2 Å². The number of hydrogen-bond acceptors (Lipinski definition) is 7. The number of ether oxygens (including phenoxy) is 1. The number of aromatic amines is 1. The molecular weight excluding hydrogens is 521 g/mol. The van der Waals surface area contributed by atoms with Crippen LogP contribution >= 0.6 is 0 Å². The van der Waals surface area contributed by atoms with Gasteiger partial charge < -0.3 is 19.5 Å². The maximum Gasteiger partial charge on any atom is 0.320 e. The number of nitrogens with one attached hydrogen (secondary N) is 2. The molecule has 2 saturated heterocycles. The SMILES string of the molecule is CC(C)(C)OC(=O)CN1CCN(c2cccc(-c3cnc(/C=C\C(=N)N4CCC[C@@H]4c4cccc(F)c4)[nH]3)n2)CC1. The number of pyridine rings is 1. The molecule has 0 saturated carbocycles. The zero-order valence-corrected chi connectivity index (χ0v) is 23.9. The molecule has 4 heterocycles. The van der Waals surface area contributed by atoms with Crippen molar-refractivity contribution in [1.82, 2.24) is 24.8 Å². The summed E-state index contributed by atoms with van der Waals surface area (Å²) >= 11 is 0. The smallest absolute Gasteiger partial charge is 0.320 e. The second-order valence-electron chi connectivity index (χ2n) is 11.5. The summed E-state index contributed by atoms with van der Waals surface area (Å²) in [6.45, 7) is 9.75. The minimum absolute atomic E-state index is 0.00104. The molecule has 2 aliphatic rings. The molecule has 3 aromatic rings. The average molecular weight is 560 g/mol. The van der Waals surface area contributed by atoms with E-state index in [-0.39, 0.29) is 17.8 Å². The van der Waals surface area contributed by atoms with Crippen molar-refractivity contribution in [3.63, 3.8) is 0 Å². The zero-order chi connectivity index (χ0) is 29.0. The van der Waals surface area contributed by atoms with Crippen LogP contribution in [0.4, 0.5) is 10.2 Å². The van der Waals surface area contributed by atoms with Gasteiger partial charge in [-0.1, -0.05) is 18.2 Å². The number of carbonyl (C=O) groups excluding carboxylic acids is 1. The first kappa shape index (κ1) is 28.5. The van der Waals surface area contributed by atoms with Crippen molar-refractivity contribution in [1.29, 1.82) is 5.41 Å². The number of nitrogens with zero attached hydrogens (tertiary/aromatic N) is 5. The summed E-state index contributed by atoms with van der Waals surface area (Å²) in [5.41, 5.74) is 2.00. The molecule has 1 aromatic carbocycles. The Morgan fingerprint density at radius 2 is 1.93 bits per heavy atom. The van der Waals surface area contributed by atoms with Gasteiger partial charge in [-0.2, -0.15) is 0 Å². The van der Waals surface area contributed by atoms with Crippen molar-refractivity contribution in [2.45, 2.75) is 45.3 Å². The monoisotopic (exact) mass is 559 g/mol. The van der Waals surface area contributed by atoms with Crippen LogP contribution in [0.2, 0.25) is 0 Å². The fourth-order valence-electron chi connectivity index (χ4n) is 5.36. The van der Waals surface area contributed by atoms with Crippen molar-refractivity contribution in [2.24, 2.45) is 0 Å². The van der Waals surface area contributed by atoms with E-state index in [0.29, 0.717) is 18.2 Å². The predicted octanol–water partition coefficient (Wildman–Crippen LogP) is 4.90. The number of esters is 1. The highest BCUT2D eigenvalue weighted by molar-refractivity contribution is 5.94. The van der Waals surface area contributed by atoms with E-state index in [1.165, 1.54) is 6.07 Å². The largest absolute Gasteiger partial charge is 0.459 e. The third-order valence-electron chi connectivity index (χ3n) is 7.27. The van der Waals surface area contributed by atoms with E-state index >= 15 is 0 Å². The molecule has 2 aromatic heterocycles. The first-order valence-corrected chi connectivity index (χ1v) is 14.1. The van der Waals surface area contributed by atoms with Crippen molar-refractivity contribution in [3.05, 3.63) is 71.9 Å². The van der Waals surface area contributed by atoms with Crippen LogP contribution in [0.1, 0.15) is 51.0 Å². The molecule has 41 heavy (non-hydrogen) atoms. The molecular formula is C31H38FN7O2. The standard InChI is InChI=1S/C31H38FN7O2/c1-31(2,3)41-30(40)21-37-15-17-38(18-16-37)29-11-5-9-24(36-29)25-20-34-28(35-25)13-12-27(33)39-14-6-10-26(39)22-7-4-8-23(32)19-22/h4-5,7-9,11-13,19-20,26,33H,6,10,14-18,21H2,1-3H3,(H,34,35)/b13-12-,33-27?/t26-/m1/s1. The molecule has 2 aliphatic heterocycles. The van der Waals surface area contributed by atoms with Crippen LogP contribution in [0.15, 0.2) is 54.7 Å². The van der Waals surface area contributed by atoms with Crippen molar-refractivity contribution >= 4 is 23.7 Å². The van der Waals surface area contributed by atoms with Gasteiger partial charge in [-0.25, -0.2) is 14.4 Å². The van der Waals surface area contributed by atoms with E-state index in [4.69, 9.17) is 15.1 Å². The van der Waals surface area contributed by atoms with E-state index in [2.05, 4.69) is 19.8 Å². The van der Waals surface area contributed by atoms with Gasteiger partial charge in [-0.3, -0.25) is 15.1 Å². The minimum Gasteiger partial charge on any atom is -0.459 e. The van der Waals surface area contributed by atoms with Crippen molar-refractivity contribution in [2.75, 3.05) is 44.2 Å². The van der Waals surface area contributed by atoms with Gasteiger partial charge in [0.15, 0.2) is 0 Å². The molecule has 0 bridgehead atoms.